The summed E-state index contributed by atoms with van der Waals surface area (Å²) in [6, 6.07) is 7.28. The minimum atomic E-state index is -0.640. The summed E-state index contributed by atoms with van der Waals surface area (Å²) in [5, 5.41) is 3.95. The van der Waals surface area contributed by atoms with Gasteiger partial charge < -0.3 is 4.74 Å². The second-order valence-corrected chi connectivity index (χ2v) is 4.48. The van der Waals surface area contributed by atoms with Crippen LogP contribution in [0.25, 0.3) is 5.69 Å². The molecule has 0 bridgehead atoms. The van der Waals surface area contributed by atoms with E-state index in [-0.39, 0.29) is 11.9 Å². The molecule has 1 heterocycles. The zero-order chi connectivity index (χ0) is 14.0. The number of aromatic nitrogens is 3. The molecular weight excluding hydrogens is 246 g/mol. The van der Waals surface area contributed by atoms with Gasteiger partial charge in [0.05, 0.1) is 11.8 Å². The highest BCUT2D eigenvalue weighted by atomic mass is 16.5. The van der Waals surface area contributed by atoms with Crippen LogP contribution in [0.1, 0.15) is 30.0 Å². The number of esters is 1. The molecule has 0 atom stereocenters. The summed E-state index contributed by atoms with van der Waals surface area (Å²) in [5.74, 6) is -0.737. The Hall–Kier alpha value is -2.37. The molecule has 0 radical (unpaired) electrons. The third kappa shape index (κ3) is 2.90. The molecule has 1 aromatic heterocycles. The van der Waals surface area contributed by atoms with Crippen molar-refractivity contribution >= 4 is 5.97 Å². The molecule has 1 aromatic carbocycles. The van der Waals surface area contributed by atoms with E-state index in [2.05, 4.69) is 10.1 Å². The van der Waals surface area contributed by atoms with Gasteiger partial charge in [-0.15, -0.1) is 5.10 Å². The highest BCUT2D eigenvalue weighted by Gasteiger charge is 2.16. The largest absolute Gasteiger partial charge is 0.457 e. The number of carbonyl (C=O) groups is 1. The summed E-state index contributed by atoms with van der Waals surface area (Å²) in [5.41, 5.74) is 1.13. The van der Waals surface area contributed by atoms with E-state index in [1.54, 1.807) is 26.0 Å². The first kappa shape index (κ1) is 13.1. The van der Waals surface area contributed by atoms with Gasteiger partial charge in [0.25, 0.3) is 0 Å². The third-order valence-corrected chi connectivity index (χ3v) is 2.40. The number of aromatic amines is 1. The Labute approximate surface area is 110 Å². The van der Waals surface area contributed by atoms with Crippen molar-refractivity contribution < 1.29 is 9.53 Å². The van der Waals surface area contributed by atoms with Crippen LogP contribution >= 0.6 is 0 Å². The van der Waals surface area contributed by atoms with Gasteiger partial charge in [0, 0.05) is 0 Å². The molecule has 0 fully saturated rings. The van der Waals surface area contributed by atoms with Crippen LogP contribution in [-0.4, -0.2) is 26.8 Å². The van der Waals surface area contributed by atoms with Crippen LogP contribution in [0.5, 0.6) is 0 Å². The average molecular weight is 261 g/mol. The van der Waals surface area contributed by atoms with Gasteiger partial charge in [-0.1, -0.05) is 12.1 Å². The quantitative estimate of drug-likeness (QED) is 0.848. The number of hydrogen-bond donors (Lipinski definition) is 1. The standard InChI is InChI=1S/C13H15N3O3/c1-8(2)19-12(17)11-14-13(18)16(15-11)10-6-4-5-9(3)7-10/h4-8H,1-3H3,(H,14,15,18). The number of benzene rings is 1. The molecule has 0 spiro atoms. The van der Waals surface area contributed by atoms with Gasteiger partial charge in [-0.3, -0.25) is 4.98 Å². The Bertz CT molecular complexity index is 655. The van der Waals surface area contributed by atoms with Gasteiger partial charge in [0.1, 0.15) is 0 Å². The summed E-state index contributed by atoms with van der Waals surface area (Å²) >= 11 is 0. The van der Waals surface area contributed by atoms with Crippen molar-refractivity contribution in [3.63, 3.8) is 0 Å². The molecule has 6 heteroatoms. The molecule has 0 aliphatic heterocycles. The van der Waals surface area contributed by atoms with Crippen LogP contribution < -0.4 is 5.69 Å². The lowest BCUT2D eigenvalue weighted by Crippen LogP contribution is -2.15. The number of ether oxygens (including phenoxy) is 1. The van der Waals surface area contributed by atoms with E-state index in [9.17, 15) is 9.59 Å². The summed E-state index contributed by atoms with van der Waals surface area (Å²) in [6.07, 6.45) is -0.264. The monoisotopic (exact) mass is 261 g/mol. The van der Waals surface area contributed by atoms with Gasteiger partial charge >= 0.3 is 11.7 Å². The first-order valence-corrected chi connectivity index (χ1v) is 5.94. The molecule has 0 unspecified atom stereocenters. The Morgan fingerprint density at radius 3 is 2.79 bits per heavy atom. The van der Waals surface area contributed by atoms with Crippen LogP contribution in [0.3, 0.4) is 0 Å². The number of aryl methyl sites for hydroxylation is 1. The van der Waals surface area contributed by atoms with E-state index in [0.29, 0.717) is 5.69 Å². The number of nitrogens with zero attached hydrogens (tertiary/aromatic N) is 2. The Kier molecular flexibility index (Phi) is 3.50. The second-order valence-electron chi connectivity index (χ2n) is 4.48. The molecule has 2 rings (SSSR count). The van der Waals surface area contributed by atoms with Gasteiger partial charge in [0.2, 0.25) is 5.82 Å². The van der Waals surface area contributed by atoms with Crippen LogP contribution in [-0.2, 0) is 4.74 Å². The molecule has 0 amide bonds. The average Bonchev–Trinajstić information content (AvgIpc) is 2.70. The Balaban J connectivity index is 2.37. The van der Waals surface area contributed by atoms with Gasteiger partial charge in [-0.2, -0.15) is 4.68 Å². The zero-order valence-electron chi connectivity index (χ0n) is 11.0. The minimum Gasteiger partial charge on any atom is -0.457 e. The van der Waals surface area contributed by atoms with Crippen molar-refractivity contribution in [2.75, 3.05) is 0 Å². The molecule has 0 aliphatic carbocycles. The maximum atomic E-state index is 11.8. The van der Waals surface area contributed by atoms with Crippen LogP contribution in [0.2, 0.25) is 0 Å². The van der Waals surface area contributed by atoms with Crippen LogP contribution in [0, 0.1) is 6.92 Å². The molecule has 6 nitrogen and oxygen atoms in total. The number of nitrogens with one attached hydrogen (secondary N) is 1. The molecule has 2 aromatic rings. The fourth-order valence-electron chi connectivity index (χ4n) is 1.62. The van der Waals surface area contributed by atoms with E-state index < -0.39 is 11.7 Å². The Morgan fingerprint density at radius 1 is 1.42 bits per heavy atom. The lowest BCUT2D eigenvalue weighted by molar-refractivity contribution is 0.0363. The summed E-state index contributed by atoms with van der Waals surface area (Å²) in [7, 11) is 0. The van der Waals surface area contributed by atoms with Gasteiger partial charge in [-0.05, 0) is 38.5 Å². The highest BCUT2D eigenvalue weighted by Crippen LogP contribution is 2.07. The van der Waals surface area contributed by atoms with Gasteiger partial charge in [-0.25, -0.2) is 9.59 Å². The molecule has 1 N–H and O–H groups in total. The maximum absolute atomic E-state index is 11.8. The fraction of sp³-hybridized carbons (Fsp3) is 0.308. The molecule has 100 valence electrons. The first-order chi connectivity index (χ1) is 8.97. The molecule has 0 saturated heterocycles. The van der Waals surface area contributed by atoms with E-state index in [1.165, 1.54) is 0 Å². The van der Waals surface area contributed by atoms with Crippen molar-refractivity contribution in [2.45, 2.75) is 26.9 Å². The van der Waals surface area contributed by atoms with Crippen molar-refractivity contribution in [1.82, 2.24) is 14.8 Å². The SMILES string of the molecule is Cc1cccc(-n2nc(C(=O)OC(C)C)[nH]c2=O)c1. The zero-order valence-corrected chi connectivity index (χ0v) is 11.0. The predicted molar refractivity (Wildman–Crippen MR) is 69.5 cm³/mol. The smallest absolute Gasteiger partial charge is 0.376 e. The van der Waals surface area contributed by atoms with Crippen molar-refractivity contribution in [3.8, 4) is 5.69 Å². The van der Waals surface area contributed by atoms with E-state index >= 15 is 0 Å². The third-order valence-electron chi connectivity index (χ3n) is 2.40. The van der Waals surface area contributed by atoms with Crippen LogP contribution in [0.15, 0.2) is 29.1 Å². The topological polar surface area (TPSA) is 77.0 Å². The Morgan fingerprint density at radius 2 is 2.16 bits per heavy atom. The van der Waals surface area contributed by atoms with Crippen molar-refractivity contribution in [1.29, 1.82) is 0 Å². The van der Waals surface area contributed by atoms with Crippen molar-refractivity contribution in [3.05, 3.63) is 46.1 Å². The van der Waals surface area contributed by atoms with Gasteiger partial charge in [0.15, 0.2) is 0 Å². The number of rotatable bonds is 3. The minimum absolute atomic E-state index is 0.0970. The first-order valence-electron chi connectivity index (χ1n) is 5.94. The normalized spacial score (nSPS) is 10.7. The van der Waals surface area contributed by atoms with Crippen LogP contribution in [0.4, 0.5) is 0 Å². The lowest BCUT2D eigenvalue weighted by Gasteiger charge is -2.04. The molecule has 0 saturated carbocycles. The molecule has 0 aliphatic rings. The maximum Gasteiger partial charge on any atom is 0.376 e. The van der Waals surface area contributed by atoms with E-state index in [0.717, 1.165) is 10.2 Å². The second kappa shape index (κ2) is 5.09. The van der Waals surface area contributed by atoms with E-state index in [4.69, 9.17) is 4.74 Å². The highest BCUT2D eigenvalue weighted by molar-refractivity contribution is 5.85. The lowest BCUT2D eigenvalue weighted by atomic mass is 10.2. The summed E-state index contributed by atoms with van der Waals surface area (Å²) < 4.78 is 6.12. The fourth-order valence-corrected chi connectivity index (χ4v) is 1.62. The number of hydrogen-bond acceptors (Lipinski definition) is 4. The molecular formula is C13H15N3O3. The summed E-state index contributed by atoms with van der Waals surface area (Å²) in [4.78, 5) is 25.8. The van der Waals surface area contributed by atoms with Crippen molar-refractivity contribution in [2.24, 2.45) is 0 Å². The molecule has 19 heavy (non-hydrogen) atoms. The number of H-pyrrole nitrogens is 1. The van der Waals surface area contributed by atoms with E-state index in [1.807, 2.05) is 19.1 Å². The predicted octanol–water partition coefficient (Wildman–Crippen LogP) is 1.43. The summed E-state index contributed by atoms with van der Waals surface area (Å²) in [6.45, 7) is 5.37. The number of carbonyl (C=O) groups excluding carboxylic acids is 1.